The molecule has 0 saturated carbocycles. The predicted molar refractivity (Wildman–Crippen MR) is 118 cm³/mol. The molecule has 1 aromatic heterocycles. The van der Waals surface area contributed by atoms with E-state index >= 15 is 0 Å². The molecule has 2 N–H and O–H groups in total. The Morgan fingerprint density at radius 3 is 2.57 bits per heavy atom. The third-order valence-corrected chi connectivity index (χ3v) is 4.84. The standard InChI is InChI=1S/C21H23ClN4OS/c1-23-21(28)25-18-7-10-19(11-8-18)27-20(14-26-13-12-24-15-26)9-4-16-2-5-17(22)6-3-16/h2-3,5-8,10-13,15,20H,4,9,14H2,1H3,(H2,23,25,28). The van der Waals surface area contributed by atoms with Crippen molar-refractivity contribution < 1.29 is 4.74 Å². The van der Waals surface area contributed by atoms with Crippen LogP contribution in [0.2, 0.25) is 5.02 Å². The van der Waals surface area contributed by atoms with E-state index in [1.807, 2.05) is 53.5 Å². The summed E-state index contributed by atoms with van der Waals surface area (Å²) in [6, 6.07) is 15.8. The van der Waals surface area contributed by atoms with Gasteiger partial charge in [-0.2, -0.15) is 0 Å². The number of aromatic nitrogens is 2. The van der Waals surface area contributed by atoms with Crippen LogP contribution in [0.15, 0.2) is 67.3 Å². The number of rotatable bonds is 8. The lowest BCUT2D eigenvalue weighted by atomic mass is 10.1. The van der Waals surface area contributed by atoms with Gasteiger partial charge in [-0.3, -0.25) is 0 Å². The fourth-order valence-corrected chi connectivity index (χ4v) is 3.04. The molecule has 2 aromatic carbocycles. The molecule has 0 bridgehead atoms. The van der Waals surface area contributed by atoms with E-state index in [0.29, 0.717) is 5.11 Å². The number of ether oxygens (including phenoxy) is 1. The van der Waals surface area contributed by atoms with Gasteiger partial charge in [-0.15, -0.1) is 0 Å². The van der Waals surface area contributed by atoms with E-state index in [2.05, 4.69) is 27.8 Å². The van der Waals surface area contributed by atoms with Gasteiger partial charge >= 0.3 is 0 Å². The van der Waals surface area contributed by atoms with Gasteiger partial charge in [0.05, 0.1) is 12.9 Å². The predicted octanol–water partition coefficient (Wildman–Crippen LogP) is 4.53. The van der Waals surface area contributed by atoms with Gasteiger partial charge in [0.1, 0.15) is 11.9 Å². The number of nitrogens with zero attached hydrogens (tertiary/aromatic N) is 2. The second-order valence-corrected chi connectivity index (χ2v) is 7.24. The summed E-state index contributed by atoms with van der Waals surface area (Å²) in [4.78, 5) is 4.12. The molecule has 5 nitrogen and oxygen atoms in total. The quantitative estimate of drug-likeness (QED) is 0.530. The molecule has 0 fully saturated rings. The van der Waals surface area contributed by atoms with E-state index in [0.717, 1.165) is 35.8 Å². The Hall–Kier alpha value is -2.57. The van der Waals surface area contributed by atoms with E-state index in [1.165, 1.54) is 5.56 Å². The number of hydrogen-bond donors (Lipinski definition) is 2. The molecular formula is C21H23ClN4OS. The van der Waals surface area contributed by atoms with Crippen LogP contribution in [0.3, 0.4) is 0 Å². The van der Waals surface area contributed by atoms with Crippen molar-refractivity contribution >= 4 is 34.6 Å². The highest BCUT2D eigenvalue weighted by atomic mass is 35.5. The molecule has 28 heavy (non-hydrogen) atoms. The number of nitrogens with one attached hydrogen (secondary N) is 2. The summed E-state index contributed by atoms with van der Waals surface area (Å²) in [5.41, 5.74) is 2.16. The Balaban J connectivity index is 1.64. The fraction of sp³-hybridized carbons (Fsp3) is 0.238. The topological polar surface area (TPSA) is 51.1 Å². The van der Waals surface area contributed by atoms with Gasteiger partial charge < -0.3 is 19.9 Å². The van der Waals surface area contributed by atoms with Gasteiger partial charge in [-0.1, -0.05) is 23.7 Å². The molecule has 0 saturated heterocycles. The number of hydrogen-bond acceptors (Lipinski definition) is 3. The van der Waals surface area contributed by atoms with Crippen molar-refractivity contribution in [2.45, 2.75) is 25.5 Å². The number of anilines is 1. The smallest absolute Gasteiger partial charge is 0.170 e. The first-order valence-corrected chi connectivity index (χ1v) is 9.86. The highest BCUT2D eigenvalue weighted by molar-refractivity contribution is 7.80. The van der Waals surface area contributed by atoms with Crippen LogP contribution in [-0.4, -0.2) is 27.8 Å². The minimum atomic E-state index is 0.0158. The van der Waals surface area contributed by atoms with Gasteiger partial charge in [0.15, 0.2) is 5.11 Å². The number of aryl methyl sites for hydroxylation is 1. The Kier molecular flexibility index (Phi) is 7.28. The van der Waals surface area contributed by atoms with Crippen LogP contribution in [0.1, 0.15) is 12.0 Å². The van der Waals surface area contributed by atoms with Crippen molar-refractivity contribution in [3.8, 4) is 5.75 Å². The third-order valence-electron chi connectivity index (χ3n) is 4.28. The van der Waals surface area contributed by atoms with Gasteiger partial charge in [-0.25, -0.2) is 4.98 Å². The summed E-state index contributed by atoms with van der Waals surface area (Å²) in [6.45, 7) is 0.734. The molecule has 0 aliphatic heterocycles. The fourth-order valence-electron chi connectivity index (χ4n) is 2.80. The van der Waals surface area contributed by atoms with Crippen LogP contribution >= 0.6 is 23.8 Å². The Bertz CT molecular complexity index is 866. The second kappa shape index (κ2) is 10.1. The van der Waals surface area contributed by atoms with Crippen molar-refractivity contribution in [1.82, 2.24) is 14.9 Å². The maximum atomic E-state index is 6.27. The number of thiocarbonyl (C=S) groups is 1. The van der Waals surface area contributed by atoms with E-state index in [1.54, 1.807) is 13.2 Å². The molecule has 1 heterocycles. The Morgan fingerprint density at radius 2 is 1.93 bits per heavy atom. The molecule has 3 aromatic rings. The minimum absolute atomic E-state index is 0.0158. The maximum absolute atomic E-state index is 6.27. The zero-order valence-electron chi connectivity index (χ0n) is 15.6. The number of imidazole rings is 1. The highest BCUT2D eigenvalue weighted by Gasteiger charge is 2.12. The average Bonchev–Trinajstić information content (AvgIpc) is 3.22. The lowest BCUT2D eigenvalue weighted by Crippen LogP contribution is -2.24. The largest absolute Gasteiger partial charge is 0.489 e. The average molecular weight is 415 g/mol. The van der Waals surface area contributed by atoms with Crippen molar-refractivity contribution in [2.24, 2.45) is 0 Å². The van der Waals surface area contributed by atoms with Crippen LogP contribution in [0.5, 0.6) is 5.75 Å². The molecule has 1 atom stereocenters. The molecule has 3 rings (SSSR count). The highest BCUT2D eigenvalue weighted by Crippen LogP contribution is 2.20. The molecule has 0 radical (unpaired) electrons. The SMILES string of the molecule is CNC(=S)Nc1ccc(OC(CCc2ccc(Cl)cc2)Cn2ccnc2)cc1. The Morgan fingerprint density at radius 1 is 1.18 bits per heavy atom. The van der Waals surface area contributed by atoms with Gasteiger partial charge in [-0.05, 0) is 67.0 Å². The molecule has 146 valence electrons. The minimum Gasteiger partial charge on any atom is -0.489 e. The Labute approximate surface area is 175 Å². The van der Waals surface area contributed by atoms with Crippen molar-refractivity contribution in [3.05, 3.63) is 77.8 Å². The van der Waals surface area contributed by atoms with Crippen molar-refractivity contribution in [1.29, 1.82) is 0 Å². The summed E-state index contributed by atoms with van der Waals surface area (Å²) in [7, 11) is 1.79. The van der Waals surface area contributed by atoms with Crippen LogP contribution in [0.25, 0.3) is 0 Å². The van der Waals surface area contributed by atoms with Gasteiger partial charge in [0.2, 0.25) is 0 Å². The normalized spacial score (nSPS) is 11.6. The van der Waals surface area contributed by atoms with E-state index in [-0.39, 0.29) is 6.10 Å². The zero-order valence-corrected chi connectivity index (χ0v) is 17.2. The van der Waals surface area contributed by atoms with Crippen LogP contribution in [0.4, 0.5) is 5.69 Å². The van der Waals surface area contributed by atoms with Crippen LogP contribution < -0.4 is 15.4 Å². The molecule has 0 aliphatic carbocycles. The monoisotopic (exact) mass is 414 g/mol. The molecule has 7 heteroatoms. The van der Waals surface area contributed by atoms with Crippen LogP contribution in [-0.2, 0) is 13.0 Å². The lowest BCUT2D eigenvalue weighted by molar-refractivity contribution is 0.170. The van der Waals surface area contributed by atoms with Crippen molar-refractivity contribution in [3.63, 3.8) is 0 Å². The molecule has 0 amide bonds. The zero-order chi connectivity index (χ0) is 19.8. The summed E-state index contributed by atoms with van der Waals surface area (Å²) in [5.74, 6) is 0.821. The molecule has 1 unspecified atom stereocenters. The summed E-state index contributed by atoms with van der Waals surface area (Å²) in [5, 5.41) is 7.32. The van der Waals surface area contributed by atoms with Crippen LogP contribution in [0, 0.1) is 0 Å². The van der Waals surface area contributed by atoms with Gasteiger partial charge in [0.25, 0.3) is 0 Å². The number of benzene rings is 2. The molecular weight excluding hydrogens is 392 g/mol. The summed E-state index contributed by atoms with van der Waals surface area (Å²) >= 11 is 11.1. The first-order chi connectivity index (χ1) is 13.6. The van der Waals surface area contributed by atoms with E-state index < -0.39 is 0 Å². The summed E-state index contributed by atoms with van der Waals surface area (Å²) < 4.78 is 8.30. The first-order valence-electron chi connectivity index (χ1n) is 9.08. The maximum Gasteiger partial charge on any atom is 0.170 e. The summed E-state index contributed by atoms with van der Waals surface area (Å²) in [6.07, 6.45) is 7.34. The lowest BCUT2D eigenvalue weighted by Gasteiger charge is -2.20. The van der Waals surface area contributed by atoms with E-state index in [9.17, 15) is 0 Å². The van der Waals surface area contributed by atoms with Gasteiger partial charge in [0, 0.05) is 30.2 Å². The molecule has 0 spiro atoms. The second-order valence-electron chi connectivity index (χ2n) is 6.39. The van der Waals surface area contributed by atoms with Crippen molar-refractivity contribution in [2.75, 3.05) is 12.4 Å². The first kappa shape index (κ1) is 20.2. The number of halogens is 1. The molecule has 0 aliphatic rings. The van der Waals surface area contributed by atoms with E-state index in [4.69, 9.17) is 28.6 Å². The third kappa shape index (κ3) is 6.25.